The molecule has 0 aromatic heterocycles. The van der Waals surface area contributed by atoms with Crippen molar-refractivity contribution in [3.63, 3.8) is 0 Å². The average molecular weight is 266 g/mol. The highest BCUT2D eigenvalue weighted by Gasteiger charge is 2.25. The number of benzene rings is 1. The molecule has 0 aliphatic carbocycles. The van der Waals surface area contributed by atoms with Crippen LogP contribution in [-0.2, 0) is 6.54 Å². The Balaban J connectivity index is 2.90. The summed E-state index contributed by atoms with van der Waals surface area (Å²) in [5.74, 6) is -0.144. The Bertz CT molecular complexity index is 410. The molecule has 0 saturated heterocycles. The number of halogens is 1. The van der Waals surface area contributed by atoms with Gasteiger partial charge in [0.2, 0.25) is 0 Å². The van der Waals surface area contributed by atoms with E-state index in [1.807, 2.05) is 31.0 Å². The van der Waals surface area contributed by atoms with Crippen LogP contribution >= 0.6 is 0 Å². The van der Waals surface area contributed by atoms with Gasteiger partial charge in [-0.2, -0.15) is 0 Å². The van der Waals surface area contributed by atoms with Crippen molar-refractivity contribution in [2.75, 3.05) is 18.5 Å². The SMILES string of the molecule is CCNCc1ccc(N(C)C(C)C(C)(C)C)c(F)c1. The van der Waals surface area contributed by atoms with Crippen LogP contribution in [0, 0.1) is 11.2 Å². The number of nitrogens with one attached hydrogen (secondary N) is 1. The third kappa shape index (κ3) is 4.20. The molecule has 0 amide bonds. The first-order chi connectivity index (χ1) is 8.77. The molecule has 1 rings (SSSR count). The van der Waals surface area contributed by atoms with Crippen molar-refractivity contribution in [1.29, 1.82) is 0 Å². The maximum atomic E-state index is 14.2. The zero-order chi connectivity index (χ0) is 14.6. The first-order valence-corrected chi connectivity index (χ1v) is 6.99. The lowest BCUT2D eigenvalue weighted by atomic mass is 9.87. The van der Waals surface area contributed by atoms with Gasteiger partial charge in [-0.25, -0.2) is 4.39 Å². The minimum atomic E-state index is -0.144. The minimum Gasteiger partial charge on any atom is -0.369 e. The van der Waals surface area contributed by atoms with Gasteiger partial charge in [-0.1, -0.05) is 33.8 Å². The van der Waals surface area contributed by atoms with Crippen LogP contribution in [0.4, 0.5) is 10.1 Å². The van der Waals surface area contributed by atoms with Crippen molar-refractivity contribution < 1.29 is 4.39 Å². The molecule has 2 nitrogen and oxygen atoms in total. The van der Waals surface area contributed by atoms with E-state index >= 15 is 0 Å². The zero-order valence-electron chi connectivity index (χ0n) is 13.0. The molecule has 0 aliphatic heterocycles. The highest BCUT2D eigenvalue weighted by Crippen LogP contribution is 2.29. The van der Waals surface area contributed by atoms with E-state index in [4.69, 9.17) is 0 Å². The average Bonchev–Trinajstić information content (AvgIpc) is 2.33. The van der Waals surface area contributed by atoms with Gasteiger partial charge >= 0.3 is 0 Å². The van der Waals surface area contributed by atoms with Crippen molar-refractivity contribution in [2.45, 2.75) is 47.2 Å². The lowest BCUT2D eigenvalue weighted by Gasteiger charge is -2.37. The van der Waals surface area contributed by atoms with Gasteiger partial charge in [0, 0.05) is 19.6 Å². The van der Waals surface area contributed by atoms with E-state index < -0.39 is 0 Å². The normalized spacial score (nSPS) is 13.4. The summed E-state index contributed by atoms with van der Waals surface area (Å²) in [7, 11) is 1.96. The van der Waals surface area contributed by atoms with Crippen LogP contribution in [0.15, 0.2) is 18.2 Å². The van der Waals surface area contributed by atoms with Crippen LogP contribution in [0.25, 0.3) is 0 Å². The Kier molecular flexibility index (Phi) is 5.36. The molecule has 1 N–H and O–H groups in total. The number of rotatable bonds is 5. The molecule has 1 unspecified atom stereocenters. The van der Waals surface area contributed by atoms with Crippen LogP contribution in [0.5, 0.6) is 0 Å². The molecule has 1 atom stereocenters. The van der Waals surface area contributed by atoms with Gasteiger partial charge in [-0.05, 0) is 36.6 Å². The maximum Gasteiger partial charge on any atom is 0.146 e. The number of hydrogen-bond acceptors (Lipinski definition) is 2. The smallest absolute Gasteiger partial charge is 0.146 e. The summed E-state index contributed by atoms with van der Waals surface area (Å²) in [4.78, 5) is 2.02. The van der Waals surface area contributed by atoms with E-state index in [9.17, 15) is 4.39 Å². The van der Waals surface area contributed by atoms with Gasteiger partial charge in [0.25, 0.3) is 0 Å². The van der Waals surface area contributed by atoms with Crippen molar-refractivity contribution >= 4 is 5.69 Å². The molecule has 0 heterocycles. The Morgan fingerprint density at radius 3 is 2.42 bits per heavy atom. The van der Waals surface area contributed by atoms with E-state index in [2.05, 4.69) is 33.0 Å². The number of anilines is 1. The van der Waals surface area contributed by atoms with Crippen molar-refractivity contribution in [3.8, 4) is 0 Å². The second-order valence-corrected chi connectivity index (χ2v) is 6.22. The fourth-order valence-corrected chi connectivity index (χ4v) is 2.01. The van der Waals surface area contributed by atoms with E-state index in [0.717, 1.165) is 12.1 Å². The summed E-state index contributed by atoms with van der Waals surface area (Å²) in [5, 5.41) is 3.21. The van der Waals surface area contributed by atoms with E-state index in [1.54, 1.807) is 6.07 Å². The van der Waals surface area contributed by atoms with Gasteiger partial charge in [-0.15, -0.1) is 0 Å². The van der Waals surface area contributed by atoms with E-state index in [0.29, 0.717) is 12.2 Å². The predicted octanol–water partition coefficient (Wildman–Crippen LogP) is 3.81. The molecule has 3 heteroatoms. The first-order valence-electron chi connectivity index (χ1n) is 6.99. The topological polar surface area (TPSA) is 15.3 Å². The summed E-state index contributed by atoms with van der Waals surface area (Å²) < 4.78 is 14.2. The molecule has 0 aliphatic rings. The fourth-order valence-electron chi connectivity index (χ4n) is 2.01. The second-order valence-electron chi connectivity index (χ2n) is 6.22. The summed E-state index contributed by atoms with van der Waals surface area (Å²) in [6.45, 7) is 12.3. The number of hydrogen-bond donors (Lipinski definition) is 1. The van der Waals surface area contributed by atoms with Crippen LogP contribution in [0.2, 0.25) is 0 Å². The number of nitrogens with zero attached hydrogens (tertiary/aromatic N) is 1. The Hall–Kier alpha value is -1.09. The van der Waals surface area contributed by atoms with Crippen LogP contribution in [0.3, 0.4) is 0 Å². The Morgan fingerprint density at radius 2 is 1.95 bits per heavy atom. The quantitative estimate of drug-likeness (QED) is 0.872. The molecule has 0 bridgehead atoms. The third-order valence-electron chi connectivity index (χ3n) is 3.81. The van der Waals surface area contributed by atoms with Crippen LogP contribution in [0.1, 0.15) is 40.2 Å². The summed E-state index contributed by atoms with van der Waals surface area (Å²) in [5.41, 5.74) is 1.77. The van der Waals surface area contributed by atoms with Gasteiger partial charge in [0.15, 0.2) is 0 Å². The molecule has 108 valence electrons. The molecule has 1 aromatic rings. The molecule has 1 aromatic carbocycles. The van der Waals surface area contributed by atoms with Gasteiger partial charge in [-0.3, -0.25) is 0 Å². The standard InChI is InChI=1S/C16H27FN2/c1-7-18-11-13-8-9-15(14(17)10-13)19(6)12(2)16(3,4)5/h8-10,12,18H,7,11H2,1-6H3. The Labute approximate surface area is 117 Å². The highest BCUT2D eigenvalue weighted by molar-refractivity contribution is 5.49. The third-order valence-corrected chi connectivity index (χ3v) is 3.81. The highest BCUT2D eigenvalue weighted by atomic mass is 19.1. The van der Waals surface area contributed by atoms with Crippen molar-refractivity contribution in [3.05, 3.63) is 29.6 Å². The molecule has 0 radical (unpaired) electrons. The summed E-state index contributed by atoms with van der Waals surface area (Å²) >= 11 is 0. The molecule has 0 saturated carbocycles. The summed E-state index contributed by atoms with van der Waals surface area (Å²) in [6.07, 6.45) is 0. The molecule has 0 fully saturated rings. The van der Waals surface area contributed by atoms with E-state index in [-0.39, 0.29) is 17.3 Å². The van der Waals surface area contributed by atoms with E-state index in [1.165, 1.54) is 0 Å². The first kappa shape index (κ1) is 16.0. The van der Waals surface area contributed by atoms with Crippen molar-refractivity contribution in [2.24, 2.45) is 5.41 Å². The van der Waals surface area contributed by atoms with Crippen LogP contribution in [-0.4, -0.2) is 19.6 Å². The Morgan fingerprint density at radius 1 is 1.32 bits per heavy atom. The van der Waals surface area contributed by atoms with Gasteiger partial charge < -0.3 is 10.2 Å². The predicted molar refractivity (Wildman–Crippen MR) is 81.1 cm³/mol. The molecular weight excluding hydrogens is 239 g/mol. The largest absolute Gasteiger partial charge is 0.369 e. The molecule has 19 heavy (non-hydrogen) atoms. The van der Waals surface area contributed by atoms with Gasteiger partial charge in [0.05, 0.1) is 5.69 Å². The van der Waals surface area contributed by atoms with Crippen LogP contribution < -0.4 is 10.2 Å². The lowest BCUT2D eigenvalue weighted by molar-refractivity contribution is 0.328. The zero-order valence-corrected chi connectivity index (χ0v) is 13.0. The molecule has 0 spiro atoms. The van der Waals surface area contributed by atoms with Crippen molar-refractivity contribution in [1.82, 2.24) is 5.32 Å². The molecular formula is C16H27FN2. The van der Waals surface area contributed by atoms with Gasteiger partial charge in [0.1, 0.15) is 5.82 Å². The maximum absolute atomic E-state index is 14.2. The summed E-state index contributed by atoms with van der Waals surface area (Å²) in [6, 6.07) is 5.77. The fraction of sp³-hybridized carbons (Fsp3) is 0.625. The lowest BCUT2D eigenvalue weighted by Crippen LogP contribution is -2.39. The second kappa shape index (κ2) is 6.38. The monoisotopic (exact) mass is 266 g/mol. The minimum absolute atomic E-state index is 0.115.